The van der Waals surface area contributed by atoms with Gasteiger partial charge in [-0.1, -0.05) is 35.3 Å². The van der Waals surface area contributed by atoms with Crippen molar-refractivity contribution in [1.82, 2.24) is 0 Å². The summed E-state index contributed by atoms with van der Waals surface area (Å²) in [6.45, 7) is 0. The SMILES string of the molecule is O=C1c2ccccc2C(=O)N1c1cc(F)c(Cl)cc1Cl. The van der Waals surface area contributed by atoms with Crippen LogP contribution < -0.4 is 4.90 Å². The number of rotatable bonds is 1. The minimum atomic E-state index is -0.748. The van der Waals surface area contributed by atoms with Gasteiger partial charge >= 0.3 is 0 Å². The van der Waals surface area contributed by atoms with Gasteiger partial charge in [-0.2, -0.15) is 0 Å². The normalized spacial score (nSPS) is 13.8. The van der Waals surface area contributed by atoms with E-state index < -0.39 is 17.6 Å². The highest BCUT2D eigenvalue weighted by molar-refractivity contribution is 6.41. The minimum Gasteiger partial charge on any atom is -0.268 e. The Balaban J connectivity index is 2.17. The van der Waals surface area contributed by atoms with Crippen LogP contribution in [0.2, 0.25) is 10.0 Å². The Morgan fingerprint density at radius 1 is 0.900 bits per heavy atom. The summed E-state index contributed by atoms with van der Waals surface area (Å²) in [6.07, 6.45) is 0. The van der Waals surface area contributed by atoms with Crippen molar-refractivity contribution in [2.45, 2.75) is 0 Å². The van der Waals surface area contributed by atoms with Crippen LogP contribution in [0.15, 0.2) is 36.4 Å². The molecule has 0 saturated heterocycles. The Bertz CT molecular complexity index is 726. The summed E-state index contributed by atoms with van der Waals surface area (Å²) >= 11 is 11.6. The molecule has 2 aromatic rings. The van der Waals surface area contributed by atoms with E-state index in [2.05, 4.69) is 0 Å². The van der Waals surface area contributed by atoms with Crippen LogP contribution in [0.25, 0.3) is 0 Å². The average molecular weight is 310 g/mol. The lowest BCUT2D eigenvalue weighted by molar-refractivity contribution is 0.0926. The van der Waals surface area contributed by atoms with Gasteiger partial charge in [-0.05, 0) is 18.2 Å². The molecule has 0 unspecified atom stereocenters. The van der Waals surface area contributed by atoms with Crippen molar-refractivity contribution < 1.29 is 14.0 Å². The van der Waals surface area contributed by atoms with E-state index in [0.29, 0.717) is 0 Å². The van der Waals surface area contributed by atoms with Crippen LogP contribution in [0.1, 0.15) is 20.7 Å². The minimum absolute atomic E-state index is 0.0141. The average Bonchev–Trinajstić information content (AvgIpc) is 2.68. The van der Waals surface area contributed by atoms with Gasteiger partial charge in [0.1, 0.15) is 5.82 Å². The predicted molar refractivity (Wildman–Crippen MR) is 74.0 cm³/mol. The molecule has 1 heterocycles. The van der Waals surface area contributed by atoms with Gasteiger partial charge in [0.2, 0.25) is 0 Å². The number of anilines is 1. The van der Waals surface area contributed by atoms with Crippen molar-refractivity contribution >= 4 is 40.7 Å². The van der Waals surface area contributed by atoms with Crippen LogP contribution in [0.5, 0.6) is 0 Å². The van der Waals surface area contributed by atoms with Crippen LogP contribution in [0.3, 0.4) is 0 Å². The third-order valence-electron chi connectivity index (χ3n) is 3.02. The molecule has 2 aromatic carbocycles. The summed E-state index contributed by atoms with van der Waals surface area (Å²) < 4.78 is 13.6. The molecule has 0 fully saturated rings. The highest BCUT2D eigenvalue weighted by Crippen LogP contribution is 2.35. The molecule has 2 amide bonds. The fraction of sp³-hybridized carbons (Fsp3) is 0. The topological polar surface area (TPSA) is 37.4 Å². The van der Waals surface area contributed by atoms with E-state index in [4.69, 9.17) is 23.2 Å². The van der Waals surface area contributed by atoms with Crippen molar-refractivity contribution in [1.29, 1.82) is 0 Å². The Kier molecular flexibility index (Phi) is 3.00. The van der Waals surface area contributed by atoms with Crippen LogP contribution in [-0.4, -0.2) is 11.8 Å². The van der Waals surface area contributed by atoms with Gasteiger partial charge in [-0.25, -0.2) is 9.29 Å². The number of hydrogen-bond acceptors (Lipinski definition) is 2. The largest absolute Gasteiger partial charge is 0.268 e. The standard InChI is InChI=1S/C14H6Cl2FNO2/c15-9-5-10(16)12(6-11(9)17)18-13(19)7-3-1-2-4-8(7)14(18)20/h1-6H. The van der Waals surface area contributed by atoms with E-state index in [1.807, 2.05) is 0 Å². The molecule has 0 atom stereocenters. The third kappa shape index (κ3) is 1.80. The highest BCUT2D eigenvalue weighted by Gasteiger charge is 2.37. The lowest BCUT2D eigenvalue weighted by Gasteiger charge is -2.16. The molecular weight excluding hydrogens is 304 g/mol. The van der Waals surface area contributed by atoms with E-state index in [9.17, 15) is 14.0 Å². The zero-order valence-corrected chi connectivity index (χ0v) is 11.4. The van der Waals surface area contributed by atoms with E-state index in [1.54, 1.807) is 12.1 Å². The first-order valence-electron chi connectivity index (χ1n) is 5.63. The molecule has 20 heavy (non-hydrogen) atoms. The second kappa shape index (κ2) is 4.58. The monoisotopic (exact) mass is 309 g/mol. The number of benzene rings is 2. The van der Waals surface area contributed by atoms with Gasteiger partial charge in [-0.3, -0.25) is 9.59 Å². The second-order valence-electron chi connectivity index (χ2n) is 4.21. The van der Waals surface area contributed by atoms with Crippen molar-refractivity contribution in [2.24, 2.45) is 0 Å². The van der Waals surface area contributed by atoms with Gasteiger partial charge in [0, 0.05) is 6.07 Å². The fourth-order valence-electron chi connectivity index (χ4n) is 2.09. The molecule has 0 spiro atoms. The quantitative estimate of drug-likeness (QED) is 0.591. The van der Waals surface area contributed by atoms with E-state index in [-0.39, 0.29) is 26.9 Å². The summed E-state index contributed by atoms with van der Waals surface area (Å²) in [5, 5.41) is -0.138. The van der Waals surface area contributed by atoms with Crippen molar-refractivity contribution in [3.8, 4) is 0 Å². The Morgan fingerprint density at radius 3 is 2.00 bits per heavy atom. The van der Waals surface area contributed by atoms with E-state index in [0.717, 1.165) is 17.0 Å². The lowest BCUT2D eigenvalue weighted by Crippen LogP contribution is -2.29. The molecule has 0 aromatic heterocycles. The van der Waals surface area contributed by atoms with Gasteiger partial charge < -0.3 is 0 Å². The van der Waals surface area contributed by atoms with Crippen molar-refractivity contribution in [2.75, 3.05) is 4.90 Å². The lowest BCUT2D eigenvalue weighted by atomic mass is 10.1. The first-order valence-corrected chi connectivity index (χ1v) is 6.38. The van der Waals surface area contributed by atoms with Gasteiger partial charge in [0.05, 0.1) is 26.9 Å². The molecule has 1 aliphatic rings. The molecular formula is C14H6Cl2FNO2. The Hall–Kier alpha value is -1.91. The molecule has 1 aliphatic heterocycles. The zero-order valence-electron chi connectivity index (χ0n) is 9.86. The van der Waals surface area contributed by atoms with Crippen molar-refractivity contribution in [3.63, 3.8) is 0 Å². The van der Waals surface area contributed by atoms with Crippen LogP contribution in [0.4, 0.5) is 10.1 Å². The molecule has 0 N–H and O–H groups in total. The molecule has 0 aliphatic carbocycles. The maximum atomic E-state index is 13.6. The fourth-order valence-corrected chi connectivity index (χ4v) is 2.56. The predicted octanol–water partition coefficient (Wildman–Crippen LogP) is 3.93. The number of hydrogen-bond donors (Lipinski definition) is 0. The Morgan fingerprint density at radius 2 is 1.45 bits per heavy atom. The Labute approximate surface area is 123 Å². The molecule has 6 heteroatoms. The summed E-state index contributed by atoms with van der Waals surface area (Å²) in [4.78, 5) is 25.3. The zero-order chi connectivity index (χ0) is 14.4. The maximum absolute atomic E-state index is 13.6. The molecule has 100 valence electrons. The summed E-state index contributed by atoms with van der Waals surface area (Å²) in [5.74, 6) is -1.81. The summed E-state index contributed by atoms with van der Waals surface area (Å²) in [7, 11) is 0. The number of fused-ring (bicyclic) bond motifs is 1. The number of nitrogens with zero attached hydrogens (tertiary/aromatic N) is 1. The number of halogens is 3. The smallest absolute Gasteiger partial charge is 0.266 e. The first-order chi connectivity index (χ1) is 9.50. The molecule has 3 nitrogen and oxygen atoms in total. The molecule has 0 radical (unpaired) electrons. The van der Waals surface area contributed by atoms with Gasteiger partial charge in [0.15, 0.2) is 0 Å². The van der Waals surface area contributed by atoms with Crippen LogP contribution >= 0.6 is 23.2 Å². The summed E-state index contributed by atoms with van der Waals surface area (Å²) in [5.41, 5.74) is 0.521. The first kappa shape index (κ1) is 13.1. The third-order valence-corrected chi connectivity index (χ3v) is 3.62. The van der Waals surface area contributed by atoms with E-state index >= 15 is 0 Å². The highest BCUT2D eigenvalue weighted by atomic mass is 35.5. The maximum Gasteiger partial charge on any atom is 0.266 e. The number of carbonyl (C=O) groups is 2. The second-order valence-corrected chi connectivity index (χ2v) is 5.02. The molecule has 0 bridgehead atoms. The van der Waals surface area contributed by atoms with E-state index in [1.165, 1.54) is 12.1 Å². The number of imide groups is 1. The van der Waals surface area contributed by atoms with Crippen molar-refractivity contribution in [3.05, 3.63) is 63.4 Å². The van der Waals surface area contributed by atoms with Crippen LogP contribution in [-0.2, 0) is 0 Å². The number of amides is 2. The summed E-state index contributed by atoms with van der Waals surface area (Å²) in [6, 6.07) is 8.52. The number of carbonyl (C=O) groups excluding carboxylic acids is 2. The van der Waals surface area contributed by atoms with Gasteiger partial charge in [0.25, 0.3) is 11.8 Å². The van der Waals surface area contributed by atoms with Gasteiger partial charge in [-0.15, -0.1) is 0 Å². The van der Waals surface area contributed by atoms with Crippen LogP contribution in [0, 0.1) is 5.82 Å². The molecule has 0 saturated carbocycles. The molecule has 3 rings (SSSR count).